The molecule has 6 heteroatoms. The fraction of sp³-hybridized carbons (Fsp3) is 0.125. The van der Waals surface area contributed by atoms with Crippen molar-refractivity contribution >= 4 is 28.2 Å². The molecule has 0 radical (unpaired) electrons. The number of aromatic nitrogens is 2. The SMILES string of the molecule is COc1ccccc1CCNC(=O)c1cc(Nc2cccc3cccnc23)ccn1. The Kier molecular flexibility index (Phi) is 5.85. The number of anilines is 2. The zero-order valence-corrected chi connectivity index (χ0v) is 16.6. The van der Waals surface area contributed by atoms with E-state index < -0.39 is 0 Å². The van der Waals surface area contributed by atoms with Gasteiger partial charge >= 0.3 is 0 Å². The molecule has 2 heterocycles. The van der Waals surface area contributed by atoms with E-state index in [-0.39, 0.29) is 5.91 Å². The highest BCUT2D eigenvalue weighted by atomic mass is 16.5. The third-order valence-corrected chi connectivity index (χ3v) is 4.78. The summed E-state index contributed by atoms with van der Waals surface area (Å²) in [5, 5.41) is 7.31. The Balaban J connectivity index is 1.43. The van der Waals surface area contributed by atoms with Crippen LogP contribution in [0.2, 0.25) is 0 Å². The topological polar surface area (TPSA) is 76.1 Å². The maximum absolute atomic E-state index is 12.6. The third kappa shape index (κ3) is 4.38. The lowest BCUT2D eigenvalue weighted by molar-refractivity contribution is 0.0949. The molecule has 2 aromatic heterocycles. The third-order valence-electron chi connectivity index (χ3n) is 4.78. The minimum absolute atomic E-state index is 0.218. The number of carbonyl (C=O) groups excluding carboxylic acids is 1. The van der Waals surface area contributed by atoms with E-state index in [9.17, 15) is 4.79 Å². The molecule has 0 saturated heterocycles. The van der Waals surface area contributed by atoms with Crippen molar-refractivity contribution in [2.24, 2.45) is 0 Å². The summed E-state index contributed by atoms with van der Waals surface area (Å²) in [4.78, 5) is 21.2. The molecule has 1 amide bonds. The average molecular weight is 398 g/mol. The highest BCUT2D eigenvalue weighted by Crippen LogP contribution is 2.24. The van der Waals surface area contributed by atoms with Gasteiger partial charge in [-0.2, -0.15) is 0 Å². The van der Waals surface area contributed by atoms with Crippen LogP contribution >= 0.6 is 0 Å². The number of hydrogen-bond donors (Lipinski definition) is 2. The molecule has 0 aliphatic rings. The van der Waals surface area contributed by atoms with Crippen molar-refractivity contribution in [1.82, 2.24) is 15.3 Å². The van der Waals surface area contributed by atoms with E-state index in [0.29, 0.717) is 18.7 Å². The molecule has 4 rings (SSSR count). The maximum Gasteiger partial charge on any atom is 0.269 e. The van der Waals surface area contributed by atoms with Crippen LogP contribution in [0, 0.1) is 0 Å². The molecule has 0 unspecified atom stereocenters. The normalized spacial score (nSPS) is 10.6. The van der Waals surface area contributed by atoms with Gasteiger partial charge in [0.1, 0.15) is 11.4 Å². The van der Waals surface area contributed by atoms with E-state index in [0.717, 1.165) is 33.6 Å². The van der Waals surface area contributed by atoms with Crippen molar-refractivity contribution in [2.75, 3.05) is 19.0 Å². The number of nitrogens with zero attached hydrogens (tertiary/aromatic N) is 2. The predicted octanol–water partition coefficient (Wildman–Crippen LogP) is 4.35. The van der Waals surface area contributed by atoms with Crippen LogP contribution in [0.4, 0.5) is 11.4 Å². The van der Waals surface area contributed by atoms with Gasteiger partial charge in [0.25, 0.3) is 5.91 Å². The lowest BCUT2D eigenvalue weighted by Crippen LogP contribution is -2.26. The maximum atomic E-state index is 12.6. The first-order valence-corrected chi connectivity index (χ1v) is 9.71. The van der Waals surface area contributed by atoms with E-state index >= 15 is 0 Å². The first-order valence-electron chi connectivity index (χ1n) is 9.71. The summed E-state index contributed by atoms with van der Waals surface area (Å²) in [6.45, 7) is 0.492. The minimum atomic E-state index is -0.218. The van der Waals surface area contributed by atoms with Gasteiger partial charge in [0.15, 0.2) is 0 Å². The molecule has 0 spiro atoms. The Labute approximate surface area is 175 Å². The summed E-state index contributed by atoms with van der Waals surface area (Å²) in [6.07, 6.45) is 4.06. The number of amides is 1. The Morgan fingerprint density at radius 2 is 1.83 bits per heavy atom. The van der Waals surface area contributed by atoms with Crippen LogP contribution in [0.5, 0.6) is 5.75 Å². The Morgan fingerprint density at radius 3 is 2.73 bits per heavy atom. The largest absolute Gasteiger partial charge is 0.496 e. The smallest absolute Gasteiger partial charge is 0.269 e. The molecule has 0 fully saturated rings. The number of methoxy groups -OCH3 is 1. The number of carbonyl (C=O) groups is 1. The average Bonchev–Trinajstić information content (AvgIpc) is 2.80. The molecule has 0 atom stereocenters. The molecule has 150 valence electrons. The molecule has 0 bridgehead atoms. The summed E-state index contributed by atoms with van der Waals surface area (Å²) in [5.41, 5.74) is 3.93. The van der Waals surface area contributed by atoms with Crippen LogP contribution in [0.1, 0.15) is 16.1 Å². The van der Waals surface area contributed by atoms with Gasteiger partial charge in [-0.1, -0.05) is 36.4 Å². The summed E-state index contributed by atoms with van der Waals surface area (Å²) < 4.78 is 5.35. The standard InChI is InChI=1S/C24H22N4O2/c1-30-22-10-3-2-6-17(22)11-14-27-24(29)21-16-19(12-15-25-21)28-20-9-4-7-18-8-5-13-26-23(18)20/h2-10,12-13,15-16H,11,14H2,1H3,(H,25,28)(H,27,29). The Bertz CT molecular complexity index is 1170. The van der Waals surface area contributed by atoms with E-state index in [1.54, 1.807) is 25.6 Å². The van der Waals surface area contributed by atoms with Gasteiger partial charge in [-0.15, -0.1) is 0 Å². The fourth-order valence-corrected chi connectivity index (χ4v) is 3.30. The molecule has 30 heavy (non-hydrogen) atoms. The number of rotatable bonds is 7. The Hall–Kier alpha value is -3.93. The first kappa shape index (κ1) is 19.4. The molecule has 0 saturated carbocycles. The minimum Gasteiger partial charge on any atom is -0.496 e. The number of hydrogen-bond acceptors (Lipinski definition) is 5. The molecule has 4 aromatic rings. The summed E-state index contributed by atoms with van der Waals surface area (Å²) >= 11 is 0. The fourth-order valence-electron chi connectivity index (χ4n) is 3.30. The van der Waals surface area contributed by atoms with Gasteiger partial charge in [0, 0.05) is 30.0 Å². The van der Waals surface area contributed by atoms with Crippen molar-refractivity contribution in [2.45, 2.75) is 6.42 Å². The number of ether oxygens (including phenoxy) is 1. The van der Waals surface area contributed by atoms with Gasteiger partial charge in [0.05, 0.1) is 18.3 Å². The highest BCUT2D eigenvalue weighted by Gasteiger charge is 2.10. The second-order valence-corrected chi connectivity index (χ2v) is 6.75. The van der Waals surface area contributed by atoms with Crippen molar-refractivity contribution in [3.63, 3.8) is 0 Å². The Morgan fingerprint density at radius 1 is 0.967 bits per heavy atom. The van der Waals surface area contributed by atoms with E-state index in [1.165, 1.54) is 0 Å². The monoisotopic (exact) mass is 398 g/mol. The molecule has 6 nitrogen and oxygen atoms in total. The molecular formula is C24H22N4O2. The zero-order chi connectivity index (χ0) is 20.8. The number of pyridine rings is 2. The van der Waals surface area contributed by atoms with Gasteiger partial charge in [-0.3, -0.25) is 14.8 Å². The predicted molar refractivity (Wildman–Crippen MR) is 118 cm³/mol. The van der Waals surface area contributed by atoms with Crippen LogP contribution < -0.4 is 15.4 Å². The van der Waals surface area contributed by atoms with Gasteiger partial charge in [-0.05, 0) is 42.3 Å². The van der Waals surface area contributed by atoms with Crippen LogP contribution in [-0.2, 0) is 6.42 Å². The van der Waals surface area contributed by atoms with Crippen LogP contribution in [0.3, 0.4) is 0 Å². The molecule has 2 aromatic carbocycles. The number of fused-ring (bicyclic) bond motifs is 1. The van der Waals surface area contributed by atoms with E-state index in [4.69, 9.17) is 4.74 Å². The number of benzene rings is 2. The van der Waals surface area contributed by atoms with Gasteiger partial charge in [-0.25, -0.2) is 0 Å². The van der Waals surface area contributed by atoms with Crippen molar-refractivity contribution in [3.05, 3.63) is 90.4 Å². The number of nitrogens with one attached hydrogen (secondary N) is 2. The van der Waals surface area contributed by atoms with Gasteiger partial charge < -0.3 is 15.4 Å². The van der Waals surface area contributed by atoms with E-state index in [2.05, 4.69) is 20.6 Å². The number of para-hydroxylation sites is 2. The molecule has 0 aliphatic heterocycles. The zero-order valence-electron chi connectivity index (χ0n) is 16.6. The molecule has 0 aliphatic carbocycles. The molecule has 2 N–H and O–H groups in total. The van der Waals surface area contributed by atoms with Crippen molar-refractivity contribution in [3.8, 4) is 5.75 Å². The second-order valence-electron chi connectivity index (χ2n) is 6.75. The lowest BCUT2D eigenvalue weighted by Gasteiger charge is -2.11. The first-order chi connectivity index (χ1) is 14.7. The van der Waals surface area contributed by atoms with Crippen molar-refractivity contribution < 1.29 is 9.53 Å². The van der Waals surface area contributed by atoms with Crippen LogP contribution in [-0.4, -0.2) is 29.5 Å². The van der Waals surface area contributed by atoms with Crippen molar-refractivity contribution in [1.29, 1.82) is 0 Å². The van der Waals surface area contributed by atoms with E-state index in [1.807, 2.05) is 60.7 Å². The van der Waals surface area contributed by atoms with Crippen LogP contribution in [0.25, 0.3) is 10.9 Å². The lowest BCUT2D eigenvalue weighted by atomic mass is 10.1. The summed E-state index contributed by atoms with van der Waals surface area (Å²) in [6, 6.07) is 21.2. The molecular weight excluding hydrogens is 376 g/mol. The van der Waals surface area contributed by atoms with Crippen LogP contribution in [0.15, 0.2) is 79.1 Å². The quantitative estimate of drug-likeness (QED) is 0.484. The second kappa shape index (κ2) is 9.05. The summed E-state index contributed by atoms with van der Waals surface area (Å²) in [5.74, 6) is 0.601. The summed E-state index contributed by atoms with van der Waals surface area (Å²) in [7, 11) is 1.64. The highest BCUT2D eigenvalue weighted by molar-refractivity contribution is 5.95. The van der Waals surface area contributed by atoms with Gasteiger partial charge in [0.2, 0.25) is 0 Å².